The first-order valence-corrected chi connectivity index (χ1v) is 8.64. The van der Waals surface area contributed by atoms with Gasteiger partial charge in [0.15, 0.2) is 0 Å². The summed E-state index contributed by atoms with van der Waals surface area (Å²) in [5, 5.41) is 0.761. The predicted octanol–water partition coefficient (Wildman–Crippen LogP) is 1.99. The van der Waals surface area contributed by atoms with E-state index in [1.165, 1.54) is 10.4 Å². The summed E-state index contributed by atoms with van der Waals surface area (Å²) in [4.78, 5) is 33.5. The molecule has 2 aliphatic rings. The second-order valence-electron chi connectivity index (χ2n) is 6.55. The summed E-state index contributed by atoms with van der Waals surface area (Å²) in [5.74, 6) is 0.689. The number of rotatable bonds is 1. The molecule has 0 bridgehead atoms. The number of amides is 1. The van der Waals surface area contributed by atoms with E-state index in [-0.39, 0.29) is 17.5 Å². The van der Waals surface area contributed by atoms with Gasteiger partial charge in [0.1, 0.15) is 10.9 Å². The van der Waals surface area contributed by atoms with E-state index in [1.54, 1.807) is 34.2 Å². The van der Waals surface area contributed by atoms with Crippen LogP contribution in [0.15, 0.2) is 11.1 Å². The van der Waals surface area contributed by atoms with Crippen molar-refractivity contribution in [2.24, 2.45) is 5.92 Å². The summed E-state index contributed by atoms with van der Waals surface area (Å²) < 4.78 is 1.55. The molecule has 1 aliphatic heterocycles. The average Bonchev–Trinajstić information content (AvgIpc) is 3.01. The van der Waals surface area contributed by atoms with Gasteiger partial charge in [0.2, 0.25) is 5.91 Å². The van der Waals surface area contributed by atoms with Crippen LogP contribution in [0.2, 0.25) is 0 Å². The Bertz CT molecular complexity index is 823. The van der Waals surface area contributed by atoms with Crippen molar-refractivity contribution >= 4 is 27.5 Å². The number of thiophene rings is 1. The number of likely N-dealkylation sites (tertiary alicyclic amines) is 1. The van der Waals surface area contributed by atoms with Gasteiger partial charge >= 0.3 is 0 Å². The van der Waals surface area contributed by atoms with Crippen LogP contribution in [0.3, 0.4) is 0 Å². The van der Waals surface area contributed by atoms with Gasteiger partial charge in [0, 0.05) is 18.5 Å². The van der Waals surface area contributed by atoms with Gasteiger partial charge < -0.3 is 4.90 Å². The highest BCUT2D eigenvalue weighted by molar-refractivity contribution is 7.18. The van der Waals surface area contributed by atoms with Crippen molar-refractivity contribution in [2.75, 3.05) is 13.6 Å². The molecule has 0 radical (unpaired) electrons. The number of aryl methyl sites for hydroxylation is 1. The topological polar surface area (TPSA) is 55.2 Å². The van der Waals surface area contributed by atoms with E-state index in [0.29, 0.717) is 18.9 Å². The predicted molar refractivity (Wildman–Crippen MR) is 86.4 cm³/mol. The first kappa shape index (κ1) is 13.9. The fourth-order valence-electron chi connectivity index (χ4n) is 3.63. The van der Waals surface area contributed by atoms with Crippen molar-refractivity contribution in [2.45, 2.75) is 38.6 Å². The first-order chi connectivity index (χ1) is 10.6. The third-order valence-electron chi connectivity index (χ3n) is 4.98. The zero-order valence-corrected chi connectivity index (χ0v) is 13.7. The maximum absolute atomic E-state index is 12.9. The third-order valence-corrected chi connectivity index (χ3v) is 6.14. The van der Waals surface area contributed by atoms with E-state index in [2.05, 4.69) is 11.9 Å². The molecule has 4 rings (SSSR count). The van der Waals surface area contributed by atoms with Gasteiger partial charge in [-0.15, -0.1) is 11.3 Å². The van der Waals surface area contributed by atoms with Crippen molar-refractivity contribution in [1.29, 1.82) is 0 Å². The molecule has 6 heteroatoms. The normalized spacial score (nSPS) is 25.0. The molecule has 0 unspecified atom stereocenters. The van der Waals surface area contributed by atoms with Crippen LogP contribution in [0.4, 0.5) is 0 Å². The quantitative estimate of drug-likeness (QED) is 0.808. The van der Waals surface area contributed by atoms with Crippen molar-refractivity contribution in [1.82, 2.24) is 14.5 Å². The number of aromatic nitrogens is 2. The van der Waals surface area contributed by atoms with Gasteiger partial charge in [-0.2, -0.15) is 0 Å². The molecule has 2 aromatic heterocycles. The smallest absolute Gasteiger partial charge is 0.263 e. The lowest BCUT2D eigenvalue weighted by Gasteiger charge is -2.18. The van der Waals surface area contributed by atoms with Crippen molar-refractivity contribution < 1.29 is 4.79 Å². The van der Waals surface area contributed by atoms with Crippen LogP contribution in [0.25, 0.3) is 10.2 Å². The molecule has 1 amide bonds. The lowest BCUT2D eigenvalue weighted by molar-refractivity contribution is -0.129. The number of hydrogen-bond donors (Lipinski definition) is 0. The molecule has 3 heterocycles. The Balaban J connectivity index is 1.88. The average molecular weight is 317 g/mol. The highest BCUT2D eigenvalue weighted by Gasteiger charge is 2.32. The second-order valence-corrected chi connectivity index (χ2v) is 7.64. The van der Waals surface area contributed by atoms with Gasteiger partial charge in [-0.25, -0.2) is 4.98 Å². The van der Waals surface area contributed by atoms with Crippen LogP contribution in [-0.4, -0.2) is 34.0 Å². The van der Waals surface area contributed by atoms with Crippen LogP contribution >= 0.6 is 11.3 Å². The van der Waals surface area contributed by atoms with Crippen molar-refractivity contribution in [3.05, 3.63) is 27.1 Å². The van der Waals surface area contributed by atoms with E-state index in [9.17, 15) is 9.59 Å². The van der Waals surface area contributed by atoms with Crippen LogP contribution in [-0.2, 0) is 17.6 Å². The Labute approximate surface area is 132 Å². The maximum Gasteiger partial charge on any atom is 0.263 e. The van der Waals surface area contributed by atoms with Crippen molar-refractivity contribution in [3.63, 3.8) is 0 Å². The minimum atomic E-state index is -0.382. The molecule has 0 N–H and O–H groups in total. The monoisotopic (exact) mass is 317 g/mol. The molecular formula is C16H19N3O2S. The standard InChI is InChI=1S/C16H19N3O2S/c1-9-3-4-10-12(7-9)22-14-13(10)16(21)19(8-17-14)11-5-6-18(2)15(11)20/h8-9,11H,3-7H2,1-2H3/t9-,11-/m1/s1. The lowest BCUT2D eigenvalue weighted by Crippen LogP contribution is -2.31. The Kier molecular flexibility index (Phi) is 3.11. The zero-order valence-electron chi connectivity index (χ0n) is 12.8. The van der Waals surface area contributed by atoms with Gasteiger partial charge in [0.05, 0.1) is 11.7 Å². The third kappa shape index (κ3) is 1.93. The van der Waals surface area contributed by atoms with E-state index in [4.69, 9.17) is 0 Å². The molecule has 116 valence electrons. The lowest BCUT2D eigenvalue weighted by atomic mass is 9.89. The molecule has 22 heavy (non-hydrogen) atoms. The summed E-state index contributed by atoms with van der Waals surface area (Å²) in [5.41, 5.74) is 1.15. The first-order valence-electron chi connectivity index (χ1n) is 7.82. The highest BCUT2D eigenvalue weighted by Crippen LogP contribution is 2.35. The Morgan fingerprint density at radius 3 is 2.86 bits per heavy atom. The molecule has 1 fully saturated rings. The van der Waals surface area contributed by atoms with E-state index < -0.39 is 0 Å². The summed E-state index contributed by atoms with van der Waals surface area (Å²) in [6, 6.07) is -0.382. The molecule has 5 nitrogen and oxygen atoms in total. The molecule has 1 saturated heterocycles. The Hall–Kier alpha value is -1.69. The number of nitrogens with zero attached hydrogens (tertiary/aromatic N) is 3. The summed E-state index contributed by atoms with van der Waals surface area (Å²) in [6.07, 6.45) is 5.37. The highest BCUT2D eigenvalue weighted by atomic mass is 32.1. The van der Waals surface area contributed by atoms with Crippen molar-refractivity contribution in [3.8, 4) is 0 Å². The van der Waals surface area contributed by atoms with Gasteiger partial charge in [-0.1, -0.05) is 6.92 Å². The van der Waals surface area contributed by atoms with Crippen LogP contribution in [0, 0.1) is 5.92 Å². The van der Waals surface area contributed by atoms with Crippen LogP contribution < -0.4 is 5.56 Å². The molecule has 1 aliphatic carbocycles. The summed E-state index contributed by atoms with van der Waals surface area (Å²) in [6.45, 7) is 2.96. The number of carbonyl (C=O) groups excluding carboxylic acids is 1. The largest absolute Gasteiger partial charge is 0.344 e. The van der Waals surface area contributed by atoms with E-state index in [0.717, 1.165) is 29.5 Å². The SMILES string of the molecule is C[C@@H]1CCc2c(sc3ncn([C@@H]4CCN(C)C4=O)c(=O)c23)C1. The molecule has 2 aromatic rings. The number of carbonyl (C=O) groups is 1. The molecule has 0 saturated carbocycles. The molecule has 0 aromatic carbocycles. The summed E-state index contributed by atoms with van der Waals surface area (Å²) in [7, 11) is 1.78. The molecular weight excluding hydrogens is 298 g/mol. The summed E-state index contributed by atoms with van der Waals surface area (Å²) >= 11 is 1.65. The second kappa shape index (κ2) is 4.91. The van der Waals surface area contributed by atoms with Crippen LogP contribution in [0.1, 0.15) is 36.2 Å². The minimum Gasteiger partial charge on any atom is -0.344 e. The zero-order chi connectivity index (χ0) is 15.4. The molecule has 0 spiro atoms. The van der Waals surface area contributed by atoms with Gasteiger partial charge in [-0.05, 0) is 37.2 Å². The van der Waals surface area contributed by atoms with E-state index >= 15 is 0 Å². The van der Waals surface area contributed by atoms with Gasteiger partial charge in [-0.3, -0.25) is 14.2 Å². The van der Waals surface area contributed by atoms with Crippen LogP contribution in [0.5, 0.6) is 0 Å². The number of likely N-dealkylation sites (N-methyl/N-ethyl adjacent to an activating group) is 1. The number of hydrogen-bond acceptors (Lipinski definition) is 4. The maximum atomic E-state index is 12.9. The fraction of sp³-hybridized carbons (Fsp3) is 0.562. The number of fused-ring (bicyclic) bond motifs is 3. The molecule has 2 atom stereocenters. The van der Waals surface area contributed by atoms with Gasteiger partial charge in [0.25, 0.3) is 5.56 Å². The Morgan fingerprint density at radius 2 is 2.14 bits per heavy atom. The minimum absolute atomic E-state index is 0.0148. The van der Waals surface area contributed by atoms with E-state index in [1.807, 2.05) is 0 Å². The Morgan fingerprint density at radius 1 is 1.32 bits per heavy atom. The fourth-order valence-corrected chi connectivity index (χ4v) is 4.97.